The van der Waals surface area contributed by atoms with Crippen LogP contribution in [0.4, 0.5) is 0 Å². The van der Waals surface area contributed by atoms with Crippen LogP contribution in [0.15, 0.2) is 0 Å². The van der Waals surface area contributed by atoms with Gasteiger partial charge in [0, 0.05) is 11.5 Å². The molecule has 2 nitrogen and oxygen atoms in total. The predicted molar refractivity (Wildman–Crippen MR) is 59.3 cm³/mol. The van der Waals surface area contributed by atoms with Crippen molar-refractivity contribution in [3.8, 4) is 0 Å². The van der Waals surface area contributed by atoms with E-state index in [1.54, 1.807) is 0 Å². The van der Waals surface area contributed by atoms with Crippen molar-refractivity contribution in [3.63, 3.8) is 0 Å². The van der Waals surface area contributed by atoms with Gasteiger partial charge in [0.15, 0.2) is 5.78 Å². The molecule has 1 aliphatic heterocycles. The van der Waals surface area contributed by atoms with Crippen LogP contribution >= 0.6 is 0 Å². The molecule has 0 N–H and O–H groups in total. The Hall–Kier alpha value is -0.370. The maximum absolute atomic E-state index is 11.7. The van der Waals surface area contributed by atoms with Gasteiger partial charge in [-0.05, 0) is 19.4 Å². The Kier molecular flexibility index (Phi) is 3.36. The Bertz CT molecular complexity index is 224. The molecule has 0 spiro atoms. The number of rotatable bonds is 3. The third-order valence-electron chi connectivity index (χ3n) is 3.99. The number of likely N-dealkylation sites (tertiary alicyclic amines) is 1. The molecule has 0 aromatic heterocycles. The molecule has 0 amide bonds. The first-order valence-electron chi connectivity index (χ1n) is 5.70. The zero-order valence-electron chi connectivity index (χ0n) is 10.1. The van der Waals surface area contributed by atoms with E-state index >= 15 is 0 Å². The number of hydrogen-bond acceptors (Lipinski definition) is 2. The van der Waals surface area contributed by atoms with Crippen molar-refractivity contribution in [2.24, 2.45) is 11.8 Å². The minimum absolute atomic E-state index is 0.117. The van der Waals surface area contributed by atoms with Gasteiger partial charge in [-0.3, -0.25) is 9.69 Å². The lowest BCUT2D eigenvalue weighted by molar-refractivity contribution is -0.120. The highest BCUT2D eigenvalue weighted by molar-refractivity contribution is 5.86. The molecule has 1 fully saturated rings. The van der Waals surface area contributed by atoms with Gasteiger partial charge in [-0.2, -0.15) is 0 Å². The Labute approximate surface area is 87.7 Å². The quantitative estimate of drug-likeness (QED) is 0.692. The summed E-state index contributed by atoms with van der Waals surface area (Å²) in [5.74, 6) is 1.16. The Morgan fingerprint density at radius 3 is 2.43 bits per heavy atom. The SMILES string of the molecule is CCCC1(C(C)C)C(C)C(=O)CN1C. The van der Waals surface area contributed by atoms with Gasteiger partial charge in [0.25, 0.3) is 0 Å². The van der Waals surface area contributed by atoms with Crippen molar-refractivity contribution in [1.82, 2.24) is 4.90 Å². The standard InChI is InChI=1S/C12H23NO/c1-6-7-12(9(2)3)10(4)11(14)8-13(12)5/h9-10H,6-8H2,1-5H3. The predicted octanol–water partition coefficient (Wildman–Crippen LogP) is 2.33. The van der Waals surface area contributed by atoms with Gasteiger partial charge in [0.2, 0.25) is 0 Å². The van der Waals surface area contributed by atoms with Crippen LogP contribution in [0.2, 0.25) is 0 Å². The van der Waals surface area contributed by atoms with E-state index in [1.165, 1.54) is 0 Å². The highest BCUT2D eigenvalue weighted by atomic mass is 16.1. The molecule has 2 atom stereocenters. The van der Waals surface area contributed by atoms with Crippen LogP contribution in [-0.2, 0) is 4.79 Å². The maximum atomic E-state index is 11.7. The number of Topliss-reactive ketones (excluding diaryl/α,β-unsaturated/α-hetero) is 1. The molecule has 1 rings (SSSR count). The molecular weight excluding hydrogens is 174 g/mol. The zero-order chi connectivity index (χ0) is 10.9. The van der Waals surface area contributed by atoms with E-state index in [1.807, 2.05) is 0 Å². The second-order valence-corrected chi connectivity index (χ2v) is 4.94. The van der Waals surface area contributed by atoms with Crippen LogP contribution in [0.3, 0.4) is 0 Å². The van der Waals surface area contributed by atoms with Gasteiger partial charge in [-0.25, -0.2) is 0 Å². The van der Waals surface area contributed by atoms with Crippen LogP contribution in [0, 0.1) is 11.8 Å². The van der Waals surface area contributed by atoms with E-state index in [0.29, 0.717) is 18.2 Å². The van der Waals surface area contributed by atoms with E-state index in [0.717, 1.165) is 12.8 Å². The molecule has 82 valence electrons. The van der Waals surface area contributed by atoms with Crippen molar-refractivity contribution in [1.29, 1.82) is 0 Å². The van der Waals surface area contributed by atoms with Crippen molar-refractivity contribution in [3.05, 3.63) is 0 Å². The lowest BCUT2D eigenvalue weighted by Crippen LogP contribution is -2.49. The topological polar surface area (TPSA) is 20.3 Å². The average molecular weight is 197 g/mol. The van der Waals surface area contributed by atoms with Gasteiger partial charge in [0.1, 0.15) is 0 Å². The van der Waals surface area contributed by atoms with E-state index in [4.69, 9.17) is 0 Å². The third-order valence-corrected chi connectivity index (χ3v) is 3.99. The van der Waals surface area contributed by atoms with E-state index in [2.05, 4.69) is 39.6 Å². The summed E-state index contributed by atoms with van der Waals surface area (Å²) in [4.78, 5) is 14.0. The van der Waals surface area contributed by atoms with E-state index < -0.39 is 0 Å². The highest BCUT2D eigenvalue weighted by Gasteiger charge is 2.50. The average Bonchev–Trinajstić information content (AvgIpc) is 2.30. The van der Waals surface area contributed by atoms with Crippen LogP contribution in [-0.4, -0.2) is 29.8 Å². The van der Waals surface area contributed by atoms with Crippen molar-refractivity contribution >= 4 is 5.78 Å². The first-order valence-corrected chi connectivity index (χ1v) is 5.70. The maximum Gasteiger partial charge on any atom is 0.151 e. The fourth-order valence-corrected chi connectivity index (χ4v) is 3.16. The Morgan fingerprint density at radius 2 is 2.14 bits per heavy atom. The summed E-state index contributed by atoms with van der Waals surface area (Å²) >= 11 is 0. The van der Waals surface area contributed by atoms with Gasteiger partial charge in [0.05, 0.1) is 6.54 Å². The first kappa shape index (κ1) is 11.7. The first-order chi connectivity index (χ1) is 6.46. The van der Waals surface area contributed by atoms with Gasteiger partial charge < -0.3 is 0 Å². The summed E-state index contributed by atoms with van der Waals surface area (Å²) in [6.07, 6.45) is 2.29. The van der Waals surface area contributed by atoms with Crippen LogP contribution < -0.4 is 0 Å². The monoisotopic (exact) mass is 197 g/mol. The molecule has 0 radical (unpaired) electrons. The summed E-state index contributed by atoms with van der Waals surface area (Å²) in [6, 6.07) is 0. The van der Waals surface area contributed by atoms with Crippen molar-refractivity contribution in [2.75, 3.05) is 13.6 Å². The van der Waals surface area contributed by atoms with Crippen LogP contribution in [0.25, 0.3) is 0 Å². The molecule has 1 saturated heterocycles. The number of nitrogens with zero attached hydrogens (tertiary/aromatic N) is 1. The molecule has 2 unspecified atom stereocenters. The summed E-state index contributed by atoms with van der Waals surface area (Å²) < 4.78 is 0. The summed E-state index contributed by atoms with van der Waals surface area (Å²) in [5, 5.41) is 0. The molecular formula is C12H23NO. The number of carbonyl (C=O) groups is 1. The fraction of sp³-hybridized carbons (Fsp3) is 0.917. The Balaban J connectivity index is 3.00. The minimum atomic E-state index is 0.117. The lowest BCUT2D eigenvalue weighted by atomic mass is 9.73. The largest absolute Gasteiger partial charge is 0.298 e. The molecule has 0 bridgehead atoms. The highest BCUT2D eigenvalue weighted by Crippen LogP contribution is 2.41. The van der Waals surface area contributed by atoms with Crippen molar-refractivity contribution < 1.29 is 4.79 Å². The second-order valence-electron chi connectivity index (χ2n) is 4.94. The summed E-state index contributed by atoms with van der Waals surface area (Å²) in [7, 11) is 2.09. The molecule has 2 heteroatoms. The number of likely N-dealkylation sites (N-methyl/N-ethyl adjacent to an activating group) is 1. The molecule has 1 aliphatic rings. The van der Waals surface area contributed by atoms with Crippen LogP contribution in [0.5, 0.6) is 0 Å². The molecule has 0 aromatic carbocycles. The Morgan fingerprint density at radius 1 is 1.57 bits per heavy atom. The second kappa shape index (κ2) is 4.01. The minimum Gasteiger partial charge on any atom is -0.298 e. The molecule has 0 aliphatic carbocycles. The summed E-state index contributed by atoms with van der Waals surface area (Å²) in [5.41, 5.74) is 0.117. The van der Waals surface area contributed by atoms with Crippen LogP contribution in [0.1, 0.15) is 40.5 Å². The van der Waals surface area contributed by atoms with Gasteiger partial charge >= 0.3 is 0 Å². The van der Waals surface area contributed by atoms with Gasteiger partial charge in [-0.1, -0.05) is 34.1 Å². The molecule has 0 aromatic rings. The van der Waals surface area contributed by atoms with E-state index in [-0.39, 0.29) is 11.5 Å². The number of ketones is 1. The summed E-state index contributed by atoms with van der Waals surface area (Å²) in [6.45, 7) is 9.41. The number of carbonyl (C=O) groups excluding carboxylic acids is 1. The third kappa shape index (κ3) is 1.50. The molecule has 14 heavy (non-hydrogen) atoms. The van der Waals surface area contributed by atoms with E-state index in [9.17, 15) is 4.79 Å². The smallest absolute Gasteiger partial charge is 0.151 e. The van der Waals surface area contributed by atoms with Gasteiger partial charge in [-0.15, -0.1) is 0 Å². The van der Waals surface area contributed by atoms with Crippen molar-refractivity contribution in [2.45, 2.75) is 46.1 Å². The normalized spacial score (nSPS) is 34.4. The molecule has 0 saturated carbocycles. The number of hydrogen-bond donors (Lipinski definition) is 0. The lowest BCUT2D eigenvalue weighted by Gasteiger charge is -2.42. The zero-order valence-corrected chi connectivity index (χ0v) is 10.1. The molecule has 1 heterocycles. The fourth-order valence-electron chi connectivity index (χ4n) is 3.16.